The number of amides is 1. The summed E-state index contributed by atoms with van der Waals surface area (Å²) in [5, 5.41) is 0. The standard InChI is InChI=1S/C25H27F4N3O3/c1-5-18-12-22(35-16(4)31-18)19-9-7-8-10-20(19)24(33)32(6-2)15(3)14-34-23-21(26)11-17(13-30-23)25(27,28)29/h7-13,15,18H,5-6,14H2,1-4H3/t15?,18-/m0/s1. The zero-order valence-corrected chi connectivity index (χ0v) is 19.9. The van der Waals surface area contributed by atoms with E-state index in [1.165, 1.54) is 4.90 Å². The Hall–Kier alpha value is -3.43. The van der Waals surface area contributed by atoms with E-state index in [-0.39, 0.29) is 18.6 Å². The van der Waals surface area contributed by atoms with Gasteiger partial charge < -0.3 is 14.4 Å². The molecule has 0 spiro atoms. The Balaban J connectivity index is 1.78. The highest BCUT2D eigenvalue weighted by Crippen LogP contribution is 2.31. The number of rotatable bonds is 8. The highest BCUT2D eigenvalue weighted by molar-refractivity contribution is 6.00. The Morgan fingerprint density at radius 2 is 1.97 bits per heavy atom. The summed E-state index contributed by atoms with van der Waals surface area (Å²) in [7, 11) is 0. The first kappa shape index (κ1) is 26.2. The maximum absolute atomic E-state index is 14.1. The van der Waals surface area contributed by atoms with Gasteiger partial charge >= 0.3 is 6.18 Å². The van der Waals surface area contributed by atoms with Crippen molar-refractivity contribution in [3.8, 4) is 5.88 Å². The van der Waals surface area contributed by atoms with Crippen molar-refractivity contribution in [2.24, 2.45) is 4.99 Å². The molecule has 6 nitrogen and oxygen atoms in total. The monoisotopic (exact) mass is 493 g/mol. The van der Waals surface area contributed by atoms with Crippen LogP contribution in [0.4, 0.5) is 17.6 Å². The number of halogens is 4. The molecule has 1 amide bonds. The third-order valence-electron chi connectivity index (χ3n) is 5.52. The molecule has 0 bridgehead atoms. The van der Waals surface area contributed by atoms with Crippen LogP contribution in [0.3, 0.4) is 0 Å². The molecular formula is C25H27F4N3O3. The van der Waals surface area contributed by atoms with Crippen molar-refractivity contribution in [2.45, 2.75) is 52.4 Å². The van der Waals surface area contributed by atoms with E-state index < -0.39 is 29.5 Å². The van der Waals surface area contributed by atoms with Gasteiger partial charge in [-0.1, -0.05) is 25.1 Å². The van der Waals surface area contributed by atoms with Crippen molar-refractivity contribution in [3.63, 3.8) is 0 Å². The van der Waals surface area contributed by atoms with Gasteiger partial charge in [-0.25, -0.2) is 14.4 Å². The molecule has 0 radical (unpaired) electrons. The average Bonchev–Trinajstić information content (AvgIpc) is 2.82. The van der Waals surface area contributed by atoms with Crippen LogP contribution in [-0.4, -0.2) is 46.9 Å². The lowest BCUT2D eigenvalue weighted by atomic mass is 10.0. The molecule has 0 saturated heterocycles. The zero-order valence-electron chi connectivity index (χ0n) is 19.9. The number of hydrogen-bond donors (Lipinski definition) is 0. The van der Waals surface area contributed by atoms with Crippen molar-refractivity contribution < 1.29 is 31.8 Å². The fourth-order valence-electron chi connectivity index (χ4n) is 3.69. The van der Waals surface area contributed by atoms with E-state index in [0.29, 0.717) is 41.6 Å². The Morgan fingerprint density at radius 1 is 1.26 bits per heavy atom. The number of carbonyl (C=O) groups excluding carboxylic acids is 1. The van der Waals surface area contributed by atoms with Gasteiger partial charge in [0, 0.05) is 25.2 Å². The quantitative estimate of drug-likeness (QED) is 0.440. The Labute approximate surface area is 201 Å². The fourth-order valence-corrected chi connectivity index (χ4v) is 3.69. The van der Waals surface area contributed by atoms with Gasteiger partial charge in [0.2, 0.25) is 5.88 Å². The summed E-state index contributed by atoms with van der Waals surface area (Å²) < 4.78 is 63.4. The number of aliphatic imine (C=N–C) groups is 1. The topological polar surface area (TPSA) is 64.0 Å². The van der Waals surface area contributed by atoms with Gasteiger partial charge in [0.15, 0.2) is 11.7 Å². The second-order valence-corrected chi connectivity index (χ2v) is 8.06. The molecular weight excluding hydrogens is 466 g/mol. The van der Waals surface area contributed by atoms with Crippen LogP contribution in [-0.2, 0) is 10.9 Å². The molecule has 188 valence electrons. The van der Waals surface area contributed by atoms with Crippen molar-refractivity contribution in [1.29, 1.82) is 0 Å². The van der Waals surface area contributed by atoms with Crippen molar-refractivity contribution in [1.82, 2.24) is 9.88 Å². The number of pyridine rings is 1. The van der Waals surface area contributed by atoms with Gasteiger partial charge in [0.1, 0.15) is 12.4 Å². The maximum Gasteiger partial charge on any atom is 0.417 e. The van der Waals surface area contributed by atoms with E-state index in [1.54, 1.807) is 45.0 Å². The second-order valence-electron chi connectivity index (χ2n) is 8.06. The number of aromatic nitrogens is 1. The third kappa shape index (κ3) is 6.17. The number of alkyl halides is 3. The lowest BCUT2D eigenvalue weighted by Crippen LogP contribution is -2.42. The highest BCUT2D eigenvalue weighted by atomic mass is 19.4. The number of benzene rings is 1. The third-order valence-corrected chi connectivity index (χ3v) is 5.52. The summed E-state index contributed by atoms with van der Waals surface area (Å²) in [5.41, 5.74) is -0.176. The smallest absolute Gasteiger partial charge is 0.417 e. The van der Waals surface area contributed by atoms with Crippen molar-refractivity contribution >= 4 is 17.6 Å². The molecule has 2 aromatic rings. The van der Waals surface area contributed by atoms with Gasteiger partial charge in [0.25, 0.3) is 5.91 Å². The molecule has 35 heavy (non-hydrogen) atoms. The number of carbonyl (C=O) groups is 1. The number of nitrogens with zero attached hydrogens (tertiary/aromatic N) is 3. The van der Waals surface area contributed by atoms with Crippen LogP contribution in [0.25, 0.3) is 5.76 Å². The summed E-state index contributed by atoms with van der Waals surface area (Å²) in [6.07, 6.45) is -1.54. The van der Waals surface area contributed by atoms with Crippen LogP contribution in [0.15, 0.2) is 47.6 Å². The van der Waals surface area contributed by atoms with E-state index in [9.17, 15) is 22.4 Å². The number of hydrogen-bond acceptors (Lipinski definition) is 5. The minimum Gasteiger partial charge on any atom is -0.473 e. The van der Waals surface area contributed by atoms with E-state index in [0.717, 1.165) is 6.42 Å². The molecule has 0 saturated carbocycles. The number of ether oxygens (including phenoxy) is 2. The molecule has 1 unspecified atom stereocenters. The molecule has 2 atom stereocenters. The van der Waals surface area contributed by atoms with Gasteiger partial charge in [-0.15, -0.1) is 0 Å². The van der Waals surface area contributed by atoms with Crippen LogP contribution in [0.5, 0.6) is 5.88 Å². The lowest BCUT2D eigenvalue weighted by molar-refractivity contribution is -0.138. The van der Waals surface area contributed by atoms with E-state index >= 15 is 0 Å². The van der Waals surface area contributed by atoms with Crippen LogP contribution >= 0.6 is 0 Å². The molecule has 0 N–H and O–H groups in total. The van der Waals surface area contributed by atoms with E-state index in [2.05, 4.69) is 9.98 Å². The molecule has 2 heterocycles. The van der Waals surface area contributed by atoms with Gasteiger partial charge in [0.05, 0.1) is 23.2 Å². The first-order chi connectivity index (χ1) is 16.5. The zero-order chi connectivity index (χ0) is 25.8. The largest absolute Gasteiger partial charge is 0.473 e. The predicted octanol–water partition coefficient (Wildman–Crippen LogP) is 5.74. The first-order valence-corrected chi connectivity index (χ1v) is 11.2. The molecule has 10 heteroatoms. The molecule has 0 aliphatic carbocycles. The normalized spacial score (nSPS) is 16.6. The Bertz CT molecular complexity index is 1130. The number of likely N-dealkylation sites (N-methyl/N-ethyl adjacent to an activating group) is 1. The van der Waals surface area contributed by atoms with Gasteiger partial charge in [-0.2, -0.15) is 13.2 Å². The Kier molecular flexibility index (Phi) is 8.14. The molecule has 0 fully saturated rings. The minimum atomic E-state index is -4.71. The molecule has 1 aromatic carbocycles. The minimum absolute atomic E-state index is 0.0531. The highest BCUT2D eigenvalue weighted by Gasteiger charge is 2.32. The molecule has 3 rings (SSSR count). The molecule has 1 aliphatic rings. The lowest BCUT2D eigenvalue weighted by Gasteiger charge is -2.29. The van der Waals surface area contributed by atoms with Gasteiger partial charge in [-0.05, 0) is 38.5 Å². The summed E-state index contributed by atoms with van der Waals surface area (Å²) in [6, 6.07) is 6.78. The predicted molar refractivity (Wildman–Crippen MR) is 124 cm³/mol. The van der Waals surface area contributed by atoms with Crippen molar-refractivity contribution in [2.75, 3.05) is 13.2 Å². The maximum atomic E-state index is 14.1. The SMILES string of the molecule is CC[C@H]1C=C(c2ccccc2C(=O)N(CC)C(C)COc2ncc(C(F)(F)F)cc2F)OC(C)=N1. The summed E-state index contributed by atoms with van der Waals surface area (Å²) in [4.78, 5) is 22.9. The Morgan fingerprint density at radius 3 is 2.60 bits per heavy atom. The van der Waals surface area contributed by atoms with Gasteiger partial charge in [-0.3, -0.25) is 4.79 Å². The van der Waals surface area contributed by atoms with Crippen LogP contribution in [0, 0.1) is 5.82 Å². The fraction of sp³-hybridized carbons (Fsp3) is 0.400. The van der Waals surface area contributed by atoms with Crippen LogP contribution < -0.4 is 4.74 Å². The molecule has 1 aliphatic heterocycles. The van der Waals surface area contributed by atoms with E-state index in [4.69, 9.17) is 9.47 Å². The summed E-state index contributed by atoms with van der Waals surface area (Å²) >= 11 is 0. The van der Waals surface area contributed by atoms with Crippen molar-refractivity contribution in [3.05, 3.63) is 65.1 Å². The average molecular weight is 494 g/mol. The summed E-state index contributed by atoms with van der Waals surface area (Å²) in [5.74, 6) is -1.02. The summed E-state index contributed by atoms with van der Waals surface area (Å²) in [6.45, 7) is 7.40. The first-order valence-electron chi connectivity index (χ1n) is 11.2. The molecule has 1 aromatic heterocycles. The van der Waals surface area contributed by atoms with Crippen LogP contribution in [0.2, 0.25) is 0 Å². The van der Waals surface area contributed by atoms with Crippen LogP contribution in [0.1, 0.15) is 55.6 Å². The van der Waals surface area contributed by atoms with E-state index in [1.807, 2.05) is 13.0 Å². The second kappa shape index (κ2) is 10.9.